The number of hydrogen-bond donors (Lipinski definition) is 2. The van der Waals surface area contributed by atoms with Crippen molar-refractivity contribution in [3.8, 4) is 23.0 Å². The van der Waals surface area contributed by atoms with Crippen molar-refractivity contribution >= 4 is 27.8 Å². The van der Waals surface area contributed by atoms with Gasteiger partial charge in [-0.3, -0.25) is 4.79 Å². The lowest BCUT2D eigenvalue weighted by Gasteiger charge is -2.04. The van der Waals surface area contributed by atoms with Gasteiger partial charge in [0.25, 0.3) is 0 Å². The maximum absolute atomic E-state index is 12.1. The summed E-state index contributed by atoms with van der Waals surface area (Å²) in [4.78, 5) is 12.0. The molecule has 0 aliphatic rings. The van der Waals surface area contributed by atoms with Crippen molar-refractivity contribution < 1.29 is 32.9 Å². The highest BCUT2D eigenvalue weighted by atomic mass is 32.2. The number of phenols is 2. The molecule has 0 aliphatic heterocycles. The molecule has 0 aliphatic carbocycles. The zero-order valence-corrected chi connectivity index (χ0v) is 16.1. The van der Waals surface area contributed by atoms with Gasteiger partial charge in [0.05, 0.1) is 14.2 Å². The first-order valence-electron chi connectivity index (χ1n) is 8.10. The standard InChI is InChI=1S/C20H20O7S/c1-26-19-11-14(4-7-17(19)22)3-6-16(21)13-28(24,25)10-9-15-5-8-18(23)20(12-15)27-2/h3-12,22-23H,13H2,1-2H3/b6-3-,10-9?. The smallest absolute Gasteiger partial charge is 0.179 e. The van der Waals surface area contributed by atoms with Crippen molar-refractivity contribution in [1.29, 1.82) is 0 Å². The molecule has 0 atom stereocenters. The van der Waals surface area contributed by atoms with Gasteiger partial charge in [0.1, 0.15) is 5.75 Å². The summed E-state index contributed by atoms with van der Waals surface area (Å²) in [7, 11) is -1.000. The maximum Gasteiger partial charge on any atom is 0.179 e. The Kier molecular flexibility index (Phi) is 6.84. The minimum absolute atomic E-state index is 0.0375. The molecule has 148 valence electrons. The van der Waals surface area contributed by atoms with E-state index < -0.39 is 21.4 Å². The van der Waals surface area contributed by atoms with E-state index in [9.17, 15) is 23.4 Å². The summed E-state index contributed by atoms with van der Waals surface area (Å²) in [5.74, 6) is -0.930. The second kappa shape index (κ2) is 9.09. The molecule has 0 heterocycles. The molecule has 0 bridgehead atoms. The van der Waals surface area contributed by atoms with Crippen LogP contribution in [0.4, 0.5) is 0 Å². The summed E-state index contributed by atoms with van der Waals surface area (Å²) in [6.07, 6.45) is 3.91. The third kappa shape index (κ3) is 5.88. The van der Waals surface area contributed by atoms with Crippen LogP contribution in [0, 0.1) is 0 Å². The topological polar surface area (TPSA) is 110 Å². The lowest BCUT2D eigenvalue weighted by molar-refractivity contribution is -0.112. The zero-order chi connectivity index (χ0) is 20.7. The maximum atomic E-state index is 12.1. The van der Waals surface area contributed by atoms with Crippen molar-refractivity contribution in [2.75, 3.05) is 20.0 Å². The van der Waals surface area contributed by atoms with Crippen LogP contribution in [-0.4, -0.2) is 44.4 Å². The fourth-order valence-corrected chi connectivity index (χ4v) is 3.22. The van der Waals surface area contributed by atoms with Gasteiger partial charge in [-0.25, -0.2) is 8.42 Å². The van der Waals surface area contributed by atoms with Crippen molar-refractivity contribution in [1.82, 2.24) is 0 Å². The van der Waals surface area contributed by atoms with E-state index in [4.69, 9.17) is 9.47 Å². The number of allylic oxidation sites excluding steroid dienone is 1. The van der Waals surface area contributed by atoms with E-state index in [1.165, 1.54) is 56.7 Å². The van der Waals surface area contributed by atoms with Crippen LogP contribution in [-0.2, 0) is 14.6 Å². The van der Waals surface area contributed by atoms with E-state index in [1.807, 2.05) is 0 Å². The van der Waals surface area contributed by atoms with Crippen molar-refractivity contribution in [2.24, 2.45) is 0 Å². The zero-order valence-electron chi connectivity index (χ0n) is 15.3. The van der Waals surface area contributed by atoms with Gasteiger partial charge in [-0.2, -0.15) is 0 Å². The number of hydrogen-bond acceptors (Lipinski definition) is 7. The molecule has 2 rings (SSSR count). The number of methoxy groups -OCH3 is 2. The molecular weight excluding hydrogens is 384 g/mol. The second-order valence-electron chi connectivity index (χ2n) is 5.77. The normalized spacial score (nSPS) is 11.8. The number of carbonyl (C=O) groups is 1. The first-order chi connectivity index (χ1) is 13.2. The van der Waals surface area contributed by atoms with Crippen molar-refractivity contribution in [3.63, 3.8) is 0 Å². The lowest BCUT2D eigenvalue weighted by atomic mass is 10.2. The fraction of sp³-hybridized carbons (Fsp3) is 0.150. The Morgan fingerprint density at radius 1 is 0.929 bits per heavy atom. The Labute approximate surface area is 163 Å². The first-order valence-corrected chi connectivity index (χ1v) is 9.81. The Morgan fingerprint density at radius 3 is 1.93 bits per heavy atom. The highest BCUT2D eigenvalue weighted by Gasteiger charge is 2.12. The molecule has 28 heavy (non-hydrogen) atoms. The predicted molar refractivity (Wildman–Crippen MR) is 106 cm³/mol. The summed E-state index contributed by atoms with van der Waals surface area (Å²) in [6, 6.07) is 8.87. The Hall–Kier alpha value is -3.26. The van der Waals surface area contributed by atoms with E-state index in [0.717, 1.165) is 11.5 Å². The largest absolute Gasteiger partial charge is 0.504 e. The van der Waals surface area contributed by atoms with E-state index in [-0.39, 0.29) is 23.0 Å². The lowest BCUT2D eigenvalue weighted by Crippen LogP contribution is -2.11. The summed E-state index contributed by atoms with van der Waals surface area (Å²) in [6.45, 7) is 0. The molecule has 0 amide bonds. The molecule has 0 spiro atoms. The van der Waals surface area contributed by atoms with E-state index in [2.05, 4.69) is 0 Å². The van der Waals surface area contributed by atoms with Crippen LogP contribution in [0.2, 0.25) is 0 Å². The number of benzene rings is 2. The van der Waals surface area contributed by atoms with Crippen LogP contribution in [0.5, 0.6) is 23.0 Å². The third-order valence-corrected chi connectivity index (χ3v) is 4.92. The third-order valence-electron chi connectivity index (χ3n) is 3.68. The summed E-state index contributed by atoms with van der Waals surface area (Å²) >= 11 is 0. The SMILES string of the molecule is COc1cc(C=CS(=O)(=O)CC(=O)/C=C\c2ccc(O)c(OC)c2)ccc1O. The molecule has 0 saturated carbocycles. The first kappa shape index (κ1) is 21.0. The number of phenolic OH excluding ortho intramolecular Hbond substituents is 2. The fourth-order valence-electron chi connectivity index (χ4n) is 2.26. The Bertz CT molecular complexity index is 1020. The van der Waals surface area contributed by atoms with Crippen LogP contribution in [0.15, 0.2) is 47.9 Å². The number of rotatable bonds is 8. The quantitative estimate of drug-likeness (QED) is 0.651. The predicted octanol–water partition coefficient (Wildman–Crippen LogP) is 2.78. The summed E-state index contributed by atoms with van der Waals surface area (Å²) in [5, 5.41) is 20.0. The van der Waals surface area contributed by atoms with Gasteiger partial charge < -0.3 is 19.7 Å². The van der Waals surface area contributed by atoms with Gasteiger partial charge in [0.2, 0.25) is 0 Å². The molecule has 7 nitrogen and oxygen atoms in total. The monoisotopic (exact) mass is 404 g/mol. The number of aromatic hydroxyl groups is 2. The minimum atomic E-state index is -3.78. The van der Waals surface area contributed by atoms with Crippen LogP contribution in [0.25, 0.3) is 12.2 Å². The van der Waals surface area contributed by atoms with Gasteiger partial charge in [-0.05, 0) is 47.5 Å². The number of carbonyl (C=O) groups excluding carboxylic acids is 1. The summed E-state index contributed by atoms with van der Waals surface area (Å²) < 4.78 is 34.2. The average Bonchev–Trinajstić information content (AvgIpc) is 2.66. The van der Waals surface area contributed by atoms with Crippen LogP contribution < -0.4 is 9.47 Å². The molecule has 0 saturated heterocycles. The van der Waals surface area contributed by atoms with E-state index in [0.29, 0.717) is 11.1 Å². The highest BCUT2D eigenvalue weighted by molar-refractivity contribution is 7.95. The number of sulfone groups is 1. The van der Waals surface area contributed by atoms with Gasteiger partial charge in [-0.15, -0.1) is 0 Å². The molecule has 0 aromatic heterocycles. The van der Waals surface area contributed by atoms with Gasteiger partial charge in [0, 0.05) is 5.41 Å². The highest BCUT2D eigenvalue weighted by Crippen LogP contribution is 2.27. The molecule has 0 unspecified atom stereocenters. The Morgan fingerprint density at radius 2 is 1.43 bits per heavy atom. The average molecular weight is 404 g/mol. The number of ether oxygens (including phenoxy) is 2. The van der Waals surface area contributed by atoms with Crippen molar-refractivity contribution in [3.05, 3.63) is 59.0 Å². The minimum Gasteiger partial charge on any atom is -0.504 e. The molecule has 2 aromatic carbocycles. The summed E-state index contributed by atoms with van der Waals surface area (Å²) in [5.41, 5.74) is 1.07. The molecule has 2 aromatic rings. The van der Waals surface area contributed by atoms with Crippen LogP contribution >= 0.6 is 0 Å². The second-order valence-corrected chi connectivity index (χ2v) is 7.66. The Balaban J connectivity index is 2.06. The van der Waals surface area contributed by atoms with E-state index >= 15 is 0 Å². The molecule has 8 heteroatoms. The molecule has 2 N–H and O–H groups in total. The molecule has 0 fully saturated rings. The molecule has 0 radical (unpaired) electrons. The van der Waals surface area contributed by atoms with Crippen molar-refractivity contribution in [2.45, 2.75) is 0 Å². The van der Waals surface area contributed by atoms with Crippen LogP contribution in [0.3, 0.4) is 0 Å². The van der Waals surface area contributed by atoms with E-state index in [1.54, 1.807) is 6.07 Å². The van der Waals surface area contributed by atoms with Gasteiger partial charge in [0.15, 0.2) is 38.6 Å². The van der Waals surface area contributed by atoms with Gasteiger partial charge in [-0.1, -0.05) is 18.2 Å². The van der Waals surface area contributed by atoms with Gasteiger partial charge >= 0.3 is 0 Å². The van der Waals surface area contributed by atoms with Crippen LogP contribution in [0.1, 0.15) is 11.1 Å². The molecular formula is C20H20O7S. The number of ketones is 1.